The summed E-state index contributed by atoms with van der Waals surface area (Å²) in [7, 11) is 6.66. The van der Waals surface area contributed by atoms with Gasteiger partial charge in [0.15, 0.2) is 23.0 Å². The quantitative estimate of drug-likeness (QED) is 0.644. The van der Waals surface area contributed by atoms with E-state index < -0.39 is 0 Å². The molecule has 0 spiro atoms. The monoisotopic (exact) mass is 405 g/mol. The van der Waals surface area contributed by atoms with Crippen LogP contribution in [0.3, 0.4) is 0 Å². The minimum absolute atomic E-state index is 0.0350. The first-order valence-corrected chi connectivity index (χ1v) is 9.96. The van der Waals surface area contributed by atoms with Gasteiger partial charge in [0.05, 0.1) is 34.5 Å². The summed E-state index contributed by atoms with van der Waals surface area (Å²) in [4.78, 5) is 0. The Bertz CT molecular complexity index is 1020. The van der Waals surface area contributed by atoms with Gasteiger partial charge >= 0.3 is 0 Å². The molecule has 0 bridgehead atoms. The van der Waals surface area contributed by atoms with Crippen LogP contribution in [0.2, 0.25) is 0 Å². The number of ether oxygens (including phenoxy) is 4. The molecule has 0 amide bonds. The minimum atomic E-state index is 0.0350. The molecule has 0 saturated carbocycles. The molecule has 5 nitrogen and oxygen atoms in total. The molecule has 4 rings (SSSR count). The van der Waals surface area contributed by atoms with Gasteiger partial charge in [-0.3, -0.25) is 5.32 Å². The fourth-order valence-electron chi connectivity index (χ4n) is 4.16. The van der Waals surface area contributed by atoms with E-state index in [1.807, 2.05) is 18.2 Å². The Morgan fingerprint density at radius 2 is 1.30 bits per heavy atom. The molecule has 1 N–H and O–H groups in total. The predicted molar refractivity (Wildman–Crippen MR) is 117 cm³/mol. The molecule has 1 heterocycles. The average Bonchev–Trinajstić information content (AvgIpc) is 2.82. The Balaban J connectivity index is 1.80. The molecule has 0 saturated heterocycles. The second-order valence-electron chi connectivity index (χ2n) is 7.29. The van der Waals surface area contributed by atoms with Crippen molar-refractivity contribution in [2.24, 2.45) is 0 Å². The van der Waals surface area contributed by atoms with Crippen molar-refractivity contribution in [3.8, 4) is 23.0 Å². The molecule has 0 unspecified atom stereocenters. The molecule has 0 fully saturated rings. The number of benzene rings is 3. The van der Waals surface area contributed by atoms with E-state index in [0.29, 0.717) is 0 Å². The molecule has 0 radical (unpaired) electrons. The average molecular weight is 405 g/mol. The zero-order valence-corrected chi connectivity index (χ0v) is 17.8. The fraction of sp³-hybridized carbons (Fsp3) is 0.280. The molecule has 0 aliphatic carbocycles. The summed E-state index contributed by atoms with van der Waals surface area (Å²) in [5.74, 6) is 2.94. The summed E-state index contributed by atoms with van der Waals surface area (Å²) in [6, 6.07) is 20.9. The van der Waals surface area contributed by atoms with Crippen molar-refractivity contribution < 1.29 is 18.9 Å². The van der Waals surface area contributed by atoms with Gasteiger partial charge in [-0.15, -0.1) is 0 Å². The number of fused-ring (bicyclic) bond motifs is 1. The van der Waals surface area contributed by atoms with E-state index in [-0.39, 0.29) is 12.1 Å². The van der Waals surface area contributed by atoms with E-state index in [2.05, 4.69) is 47.8 Å². The maximum Gasteiger partial charge on any atom is 0.161 e. The topological polar surface area (TPSA) is 49.0 Å². The first-order chi connectivity index (χ1) is 14.7. The molecule has 1 aliphatic rings. The molecular formula is C25H27NO4. The van der Waals surface area contributed by atoms with E-state index in [1.54, 1.807) is 28.4 Å². The first-order valence-electron chi connectivity index (χ1n) is 9.96. The molecule has 1 aliphatic heterocycles. The van der Waals surface area contributed by atoms with Crippen molar-refractivity contribution in [1.29, 1.82) is 0 Å². The standard InChI is InChI=1S/C25H27NO4/c1-27-21-11-10-17(13-22(21)28-2)20-12-18-14-23(29-3)24(30-4)15-19(18)25(26-20)16-8-6-5-7-9-16/h5-11,13-15,20,25-26H,12H2,1-4H3/t20-,25-/m1/s1. The van der Waals surface area contributed by atoms with E-state index in [1.165, 1.54) is 16.7 Å². The summed E-state index contributed by atoms with van der Waals surface area (Å²) in [5, 5.41) is 3.83. The Kier molecular flexibility index (Phi) is 5.81. The number of rotatable bonds is 6. The molecular weight excluding hydrogens is 378 g/mol. The SMILES string of the molecule is COc1ccc([C@H]2Cc3cc(OC)c(OC)cc3[C@@H](c3ccccc3)N2)cc1OC. The van der Waals surface area contributed by atoms with Crippen molar-refractivity contribution >= 4 is 0 Å². The summed E-state index contributed by atoms with van der Waals surface area (Å²) < 4.78 is 22.1. The van der Waals surface area contributed by atoms with Crippen molar-refractivity contribution in [2.45, 2.75) is 18.5 Å². The second-order valence-corrected chi connectivity index (χ2v) is 7.29. The van der Waals surface area contributed by atoms with Crippen LogP contribution in [0, 0.1) is 0 Å². The number of hydrogen-bond acceptors (Lipinski definition) is 5. The molecule has 3 aromatic carbocycles. The second kappa shape index (κ2) is 8.67. The fourth-order valence-corrected chi connectivity index (χ4v) is 4.16. The van der Waals surface area contributed by atoms with Gasteiger partial charge in [-0.1, -0.05) is 36.4 Å². The third kappa shape index (κ3) is 3.68. The van der Waals surface area contributed by atoms with Gasteiger partial charge in [0.2, 0.25) is 0 Å². The highest BCUT2D eigenvalue weighted by molar-refractivity contribution is 5.53. The van der Waals surface area contributed by atoms with Crippen LogP contribution in [0.15, 0.2) is 60.7 Å². The summed E-state index contributed by atoms with van der Waals surface area (Å²) in [5.41, 5.74) is 4.79. The highest BCUT2D eigenvalue weighted by atomic mass is 16.5. The van der Waals surface area contributed by atoms with Gasteiger partial charge < -0.3 is 18.9 Å². The van der Waals surface area contributed by atoms with E-state index in [9.17, 15) is 0 Å². The smallest absolute Gasteiger partial charge is 0.161 e. The lowest BCUT2D eigenvalue weighted by atomic mass is 9.84. The number of nitrogens with one attached hydrogen (secondary N) is 1. The van der Waals surface area contributed by atoms with E-state index in [4.69, 9.17) is 18.9 Å². The lowest BCUT2D eigenvalue weighted by Gasteiger charge is -2.35. The van der Waals surface area contributed by atoms with Crippen LogP contribution >= 0.6 is 0 Å². The van der Waals surface area contributed by atoms with Crippen LogP contribution in [0.5, 0.6) is 23.0 Å². The van der Waals surface area contributed by atoms with Gasteiger partial charge in [0.25, 0.3) is 0 Å². The molecule has 2 atom stereocenters. The first kappa shape index (κ1) is 20.1. The lowest BCUT2D eigenvalue weighted by Crippen LogP contribution is -2.34. The Morgan fingerprint density at radius 1 is 0.667 bits per heavy atom. The van der Waals surface area contributed by atoms with Crippen molar-refractivity contribution in [3.63, 3.8) is 0 Å². The Hall–Kier alpha value is -3.18. The third-order valence-corrected chi connectivity index (χ3v) is 5.69. The molecule has 30 heavy (non-hydrogen) atoms. The Labute approximate surface area is 177 Å². The van der Waals surface area contributed by atoms with Crippen LogP contribution in [0.4, 0.5) is 0 Å². The van der Waals surface area contributed by atoms with Crippen LogP contribution in [-0.2, 0) is 6.42 Å². The number of hydrogen-bond donors (Lipinski definition) is 1. The maximum atomic E-state index is 5.57. The van der Waals surface area contributed by atoms with E-state index >= 15 is 0 Å². The van der Waals surface area contributed by atoms with Gasteiger partial charge in [0.1, 0.15) is 0 Å². The molecule has 0 aromatic heterocycles. The highest BCUT2D eigenvalue weighted by Crippen LogP contribution is 2.42. The van der Waals surface area contributed by atoms with Crippen LogP contribution in [0.25, 0.3) is 0 Å². The largest absolute Gasteiger partial charge is 0.493 e. The lowest BCUT2D eigenvalue weighted by molar-refractivity contribution is 0.349. The van der Waals surface area contributed by atoms with Gasteiger partial charge in [-0.05, 0) is 52.9 Å². The van der Waals surface area contributed by atoms with Crippen LogP contribution in [0.1, 0.15) is 34.3 Å². The summed E-state index contributed by atoms with van der Waals surface area (Å²) in [6.45, 7) is 0. The molecule has 5 heteroatoms. The molecule has 3 aromatic rings. The van der Waals surface area contributed by atoms with Crippen molar-refractivity contribution in [1.82, 2.24) is 5.32 Å². The zero-order valence-electron chi connectivity index (χ0n) is 17.8. The highest BCUT2D eigenvalue weighted by Gasteiger charge is 2.30. The third-order valence-electron chi connectivity index (χ3n) is 5.69. The predicted octanol–water partition coefficient (Wildman–Crippen LogP) is 4.70. The maximum absolute atomic E-state index is 5.57. The van der Waals surface area contributed by atoms with Gasteiger partial charge in [-0.25, -0.2) is 0 Å². The zero-order chi connectivity index (χ0) is 21.1. The summed E-state index contributed by atoms with van der Waals surface area (Å²) in [6.07, 6.45) is 0.828. The van der Waals surface area contributed by atoms with Gasteiger partial charge in [0, 0.05) is 6.04 Å². The normalized spacial score (nSPS) is 17.7. The van der Waals surface area contributed by atoms with E-state index in [0.717, 1.165) is 35.0 Å². The van der Waals surface area contributed by atoms with Crippen molar-refractivity contribution in [2.75, 3.05) is 28.4 Å². The van der Waals surface area contributed by atoms with Crippen LogP contribution in [-0.4, -0.2) is 28.4 Å². The Morgan fingerprint density at radius 3 is 1.97 bits per heavy atom. The van der Waals surface area contributed by atoms with Gasteiger partial charge in [-0.2, -0.15) is 0 Å². The number of methoxy groups -OCH3 is 4. The van der Waals surface area contributed by atoms with Crippen LogP contribution < -0.4 is 24.3 Å². The minimum Gasteiger partial charge on any atom is -0.493 e. The van der Waals surface area contributed by atoms with Crippen molar-refractivity contribution in [3.05, 3.63) is 82.9 Å². The summed E-state index contributed by atoms with van der Waals surface area (Å²) >= 11 is 0. The molecule has 156 valence electrons.